The molecule has 112 valence electrons. The molecule has 0 spiro atoms. The van der Waals surface area contributed by atoms with Crippen molar-refractivity contribution in [1.29, 1.82) is 0 Å². The lowest BCUT2D eigenvalue weighted by atomic mass is 10.2. The number of aromatic nitrogens is 3. The monoisotopic (exact) mass is 293 g/mol. The maximum atomic E-state index is 13.9. The Morgan fingerprint density at radius 1 is 1.24 bits per heavy atom. The van der Waals surface area contributed by atoms with E-state index in [1.165, 1.54) is 6.07 Å². The first-order valence-electron chi connectivity index (χ1n) is 6.42. The third-order valence-corrected chi connectivity index (χ3v) is 2.52. The van der Waals surface area contributed by atoms with Crippen molar-refractivity contribution in [2.24, 2.45) is 5.84 Å². The zero-order valence-corrected chi connectivity index (χ0v) is 11.8. The number of halogens is 1. The second-order valence-corrected chi connectivity index (χ2v) is 4.21. The van der Waals surface area contributed by atoms with Gasteiger partial charge >= 0.3 is 12.0 Å². The number of nitrogens with one attached hydrogen (secondary N) is 1. The molecule has 0 fully saturated rings. The van der Waals surface area contributed by atoms with E-state index < -0.39 is 5.82 Å². The Kier molecular flexibility index (Phi) is 4.83. The lowest BCUT2D eigenvalue weighted by Crippen LogP contribution is -2.13. The molecule has 3 N–H and O–H groups in total. The van der Waals surface area contributed by atoms with Gasteiger partial charge in [0.2, 0.25) is 5.95 Å². The van der Waals surface area contributed by atoms with Crippen molar-refractivity contribution in [1.82, 2.24) is 15.0 Å². The highest BCUT2D eigenvalue weighted by Gasteiger charge is 2.12. The molecule has 1 aromatic heterocycles. The lowest BCUT2D eigenvalue weighted by molar-refractivity contribution is 0.284. The number of anilines is 1. The van der Waals surface area contributed by atoms with E-state index in [0.29, 0.717) is 12.2 Å². The molecule has 0 aliphatic heterocycles. The van der Waals surface area contributed by atoms with E-state index in [-0.39, 0.29) is 23.7 Å². The Labute approximate surface area is 121 Å². The Morgan fingerprint density at radius 3 is 2.71 bits per heavy atom. The predicted molar refractivity (Wildman–Crippen MR) is 74.6 cm³/mol. The molecule has 0 saturated heterocycles. The van der Waals surface area contributed by atoms with Crippen LogP contribution < -0.4 is 20.7 Å². The SMILES string of the molecule is CCCOc1nc(NN)nc(Oc2cccc(C)c2F)n1. The van der Waals surface area contributed by atoms with Gasteiger partial charge in [-0.1, -0.05) is 19.1 Å². The van der Waals surface area contributed by atoms with E-state index >= 15 is 0 Å². The average molecular weight is 293 g/mol. The summed E-state index contributed by atoms with van der Waals surface area (Å²) >= 11 is 0. The Bertz CT molecular complexity index is 624. The lowest BCUT2D eigenvalue weighted by Gasteiger charge is -2.09. The average Bonchev–Trinajstić information content (AvgIpc) is 2.49. The summed E-state index contributed by atoms with van der Waals surface area (Å²) in [5.41, 5.74) is 2.74. The van der Waals surface area contributed by atoms with E-state index in [1.807, 2.05) is 6.92 Å². The number of nitrogens with two attached hydrogens (primary N) is 1. The fourth-order valence-corrected chi connectivity index (χ4v) is 1.50. The van der Waals surface area contributed by atoms with Crippen LogP contribution in [0.15, 0.2) is 18.2 Å². The second-order valence-electron chi connectivity index (χ2n) is 4.21. The maximum absolute atomic E-state index is 13.9. The van der Waals surface area contributed by atoms with Crippen LogP contribution in [0.5, 0.6) is 17.8 Å². The van der Waals surface area contributed by atoms with Crippen molar-refractivity contribution >= 4 is 5.95 Å². The number of rotatable bonds is 6. The van der Waals surface area contributed by atoms with Gasteiger partial charge in [-0.25, -0.2) is 10.2 Å². The highest BCUT2D eigenvalue weighted by atomic mass is 19.1. The van der Waals surface area contributed by atoms with E-state index in [0.717, 1.165) is 6.42 Å². The topological polar surface area (TPSA) is 95.2 Å². The minimum Gasteiger partial charge on any atom is -0.463 e. The molecule has 0 radical (unpaired) electrons. The molecule has 2 aromatic rings. The van der Waals surface area contributed by atoms with E-state index in [2.05, 4.69) is 20.4 Å². The summed E-state index contributed by atoms with van der Waals surface area (Å²) in [6.45, 7) is 4.02. The van der Waals surface area contributed by atoms with Crippen molar-refractivity contribution in [2.45, 2.75) is 20.3 Å². The third kappa shape index (κ3) is 3.76. The van der Waals surface area contributed by atoms with Crippen molar-refractivity contribution in [3.05, 3.63) is 29.6 Å². The first-order valence-corrected chi connectivity index (χ1v) is 6.42. The van der Waals surface area contributed by atoms with Gasteiger partial charge in [-0.2, -0.15) is 9.97 Å². The molecule has 0 bridgehead atoms. The summed E-state index contributed by atoms with van der Waals surface area (Å²) in [5.74, 6) is 4.89. The number of hydrazine groups is 1. The number of hydrogen-bond donors (Lipinski definition) is 2. The van der Waals surface area contributed by atoms with Crippen LogP contribution in [0.25, 0.3) is 0 Å². The third-order valence-electron chi connectivity index (χ3n) is 2.52. The molecule has 0 unspecified atom stereocenters. The summed E-state index contributed by atoms with van der Waals surface area (Å²) < 4.78 is 24.5. The van der Waals surface area contributed by atoms with Crippen molar-refractivity contribution in [3.8, 4) is 17.8 Å². The van der Waals surface area contributed by atoms with Gasteiger partial charge in [0.1, 0.15) is 0 Å². The van der Waals surface area contributed by atoms with Gasteiger partial charge in [-0.15, -0.1) is 4.98 Å². The highest BCUT2D eigenvalue weighted by molar-refractivity contribution is 5.33. The molecule has 0 aliphatic carbocycles. The van der Waals surface area contributed by atoms with Gasteiger partial charge < -0.3 is 9.47 Å². The largest absolute Gasteiger partial charge is 0.463 e. The predicted octanol–water partition coefficient (Wildman–Crippen LogP) is 2.19. The Balaban J connectivity index is 2.28. The fraction of sp³-hybridized carbons (Fsp3) is 0.308. The summed E-state index contributed by atoms with van der Waals surface area (Å²) in [6.07, 6.45) is 0.791. The van der Waals surface area contributed by atoms with Crippen LogP contribution in [0.2, 0.25) is 0 Å². The normalized spacial score (nSPS) is 10.3. The number of ether oxygens (including phenoxy) is 2. The molecule has 0 aliphatic rings. The molecule has 0 amide bonds. The number of benzene rings is 1. The van der Waals surface area contributed by atoms with E-state index in [9.17, 15) is 4.39 Å². The quantitative estimate of drug-likeness (QED) is 0.622. The number of nitrogens with zero attached hydrogens (tertiary/aromatic N) is 3. The van der Waals surface area contributed by atoms with Crippen LogP contribution in [0.3, 0.4) is 0 Å². The van der Waals surface area contributed by atoms with Gasteiger partial charge in [0.15, 0.2) is 11.6 Å². The van der Waals surface area contributed by atoms with Crippen LogP contribution in [-0.2, 0) is 0 Å². The first-order chi connectivity index (χ1) is 10.1. The minimum absolute atomic E-state index is 0.0191. The molecule has 0 saturated carbocycles. The van der Waals surface area contributed by atoms with E-state index in [4.69, 9.17) is 15.3 Å². The van der Waals surface area contributed by atoms with Gasteiger partial charge in [0.05, 0.1) is 6.61 Å². The number of hydrogen-bond acceptors (Lipinski definition) is 7. The standard InChI is InChI=1S/C13H16FN5O2/c1-3-7-20-12-16-11(19-15)17-13(18-12)21-9-6-4-5-8(2)10(9)14/h4-6H,3,7,15H2,1-2H3,(H,16,17,18,19). The summed E-state index contributed by atoms with van der Waals surface area (Å²) in [4.78, 5) is 11.8. The molecule has 8 heteroatoms. The fourth-order valence-electron chi connectivity index (χ4n) is 1.50. The Hall–Kier alpha value is -2.48. The molecule has 0 atom stereocenters. The van der Waals surface area contributed by atoms with Crippen LogP contribution in [0, 0.1) is 12.7 Å². The minimum atomic E-state index is -0.476. The van der Waals surface area contributed by atoms with Crippen molar-refractivity contribution in [2.75, 3.05) is 12.0 Å². The maximum Gasteiger partial charge on any atom is 0.330 e. The Morgan fingerprint density at radius 2 is 2.00 bits per heavy atom. The second kappa shape index (κ2) is 6.80. The van der Waals surface area contributed by atoms with Gasteiger partial charge in [-0.05, 0) is 25.0 Å². The van der Waals surface area contributed by atoms with Gasteiger partial charge in [0, 0.05) is 0 Å². The van der Waals surface area contributed by atoms with Gasteiger partial charge in [0.25, 0.3) is 0 Å². The molecule has 1 heterocycles. The smallest absolute Gasteiger partial charge is 0.330 e. The highest BCUT2D eigenvalue weighted by Crippen LogP contribution is 2.25. The van der Waals surface area contributed by atoms with Gasteiger partial charge in [-0.3, -0.25) is 5.43 Å². The molecule has 1 aromatic carbocycles. The van der Waals surface area contributed by atoms with E-state index in [1.54, 1.807) is 19.1 Å². The molecule has 7 nitrogen and oxygen atoms in total. The summed E-state index contributed by atoms with van der Waals surface area (Å²) in [5, 5.41) is 0. The molecule has 21 heavy (non-hydrogen) atoms. The summed E-state index contributed by atoms with van der Waals surface area (Å²) in [6, 6.07) is 4.74. The van der Waals surface area contributed by atoms with Crippen LogP contribution in [-0.4, -0.2) is 21.6 Å². The summed E-state index contributed by atoms with van der Waals surface area (Å²) in [7, 11) is 0. The van der Waals surface area contributed by atoms with Crippen molar-refractivity contribution in [3.63, 3.8) is 0 Å². The first kappa shape index (κ1) is 14.9. The molecule has 2 rings (SSSR count). The van der Waals surface area contributed by atoms with Crippen molar-refractivity contribution < 1.29 is 13.9 Å². The molecular formula is C13H16FN5O2. The molecular weight excluding hydrogens is 277 g/mol. The van der Waals surface area contributed by atoms with Crippen LogP contribution in [0.4, 0.5) is 10.3 Å². The van der Waals surface area contributed by atoms with Crippen LogP contribution >= 0.6 is 0 Å². The zero-order valence-electron chi connectivity index (χ0n) is 11.8. The number of aryl methyl sites for hydroxylation is 1. The van der Waals surface area contributed by atoms with Crippen LogP contribution in [0.1, 0.15) is 18.9 Å². The number of nitrogen functional groups attached to an aromatic ring is 1. The zero-order chi connectivity index (χ0) is 15.2.